The van der Waals surface area contributed by atoms with Crippen LogP contribution in [0.15, 0.2) is 48.5 Å². The van der Waals surface area contributed by atoms with Crippen molar-refractivity contribution in [1.82, 2.24) is 0 Å². The van der Waals surface area contributed by atoms with Gasteiger partial charge in [0.05, 0.1) is 22.7 Å². The lowest BCUT2D eigenvalue weighted by atomic mass is 10.2. The van der Waals surface area contributed by atoms with E-state index < -0.39 is 22.5 Å². The summed E-state index contributed by atoms with van der Waals surface area (Å²) in [5, 5.41) is 5.50. The summed E-state index contributed by atoms with van der Waals surface area (Å²) in [7, 11) is -3.73. The number of nitrogens with zero attached hydrogens (tertiary/aromatic N) is 1. The Morgan fingerprint density at radius 1 is 1.08 bits per heavy atom. The molecule has 7 nitrogen and oxygen atoms in total. The lowest BCUT2D eigenvalue weighted by molar-refractivity contribution is -0.115. The van der Waals surface area contributed by atoms with Gasteiger partial charge in [-0.05, 0) is 30.3 Å². The number of benzene rings is 2. The first-order valence-electron chi connectivity index (χ1n) is 7.56. The summed E-state index contributed by atoms with van der Waals surface area (Å²) in [5.74, 6) is -0.835. The quantitative estimate of drug-likeness (QED) is 0.786. The second-order valence-corrected chi connectivity index (χ2v) is 7.84. The van der Waals surface area contributed by atoms with Crippen molar-refractivity contribution >= 4 is 50.5 Å². The standard InChI is InChI=1S/C17H18ClN3O4S/c1-12(22)19-13-6-5-7-14(10-13)21(26(2,24)25)11-17(23)20-16-9-4-3-8-15(16)18/h3-10H,11H2,1-2H3,(H,19,22)(H,20,23). The van der Waals surface area contributed by atoms with Gasteiger partial charge in [-0.15, -0.1) is 0 Å². The molecule has 26 heavy (non-hydrogen) atoms. The molecule has 2 N–H and O–H groups in total. The van der Waals surface area contributed by atoms with Crippen molar-refractivity contribution in [2.24, 2.45) is 0 Å². The Morgan fingerprint density at radius 3 is 2.38 bits per heavy atom. The van der Waals surface area contributed by atoms with E-state index in [0.717, 1.165) is 10.6 Å². The van der Waals surface area contributed by atoms with Gasteiger partial charge in [-0.25, -0.2) is 8.42 Å². The van der Waals surface area contributed by atoms with Crippen molar-refractivity contribution in [3.05, 3.63) is 53.6 Å². The average Bonchev–Trinajstić information content (AvgIpc) is 2.53. The summed E-state index contributed by atoms with van der Waals surface area (Å²) < 4.78 is 25.3. The maximum atomic E-state index is 12.3. The summed E-state index contributed by atoms with van der Waals surface area (Å²) in [4.78, 5) is 23.5. The normalized spacial score (nSPS) is 10.9. The highest BCUT2D eigenvalue weighted by molar-refractivity contribution is 7.92. The molecule has 0 heterocycles. The van der Waals surface area contributed by atoms with Crippen LogP contribution in [-0.2, 0) is 19.6 Å². The van der Waals surface area contributed by atoms with E-state index in [4.69, 9.17) is 11.6 Å². The average molecular weight is 396 g/mol. The van der Waals surface area contributed by atoms with Gasteiger partial charge in [-0.1, -0.05) is 29.8 Å². The number of hydrogen-bond donors (Lipinski definition) is 2. The molecule has 0 fully saturated rings. The van der Waals surface area contributed by atoms with E-state index in [1.165, 1.54) is 19.1 Å². The van der Waals surface area contributed by atoms with Crippen LogP contribution in [0, 0.1) is 0 Å². The van der Waals surface area contributed by atoms with Crippen LogP contribution in [0.1, 0.15) is 6.92 Å². The number of rotatable bonds is 6. The topological polar surface area (TPSA) is 95.6 Å². The Bertz CT molecular complexity index is 931. The largest absolute Gasteiger partial charge is 0.326 e. The molecule has 0 bridgehead atoms. The van der Waals surface area contributed by atoms with Gasteiger partial charge >= 0.3 is 0 Å². The van der Waals surface area contributed by atoms with Crippen molar-refractivity contribution in [2.75, 3.05) is 27.7 Å². The molecule has 0 saturated heterocycles. The summed E-state index contributed by atoms with van der Waals surface area (Å²) in [6, 6.07) is 12.9. The molecule has 0 aromatic heterocycles. The zero-order valence-electron chi connectivity index (χ0n) is 14.2. The number of nitrogens with one attached hydrogen (secondary N) is 2. The van der Waals surface area contributed by atoms with E-state index in [2.05, 4.69) is 10.6 Å². The Kier molecular flexibility index (Phi) is 6.23. The van der Waals surface area contributed by atoms with Crippen LogP contribution in [0.25, 0.3) is 0 Å². The molecule has 0 spiro atoms. The monoisotopic (exact) mass is 395 g/mol. The van der Waals surface area contributed by atoms with E-state index in [-0.39, 0.29) is 11.6 Å². The fraction of sp³-hybridized carbons (Fsp3) is 0.176. The first kappa shape index (κ1) is 19.7. The molecule has 0 aliphatic heterocycles. The number of carbonyl (C=O) groups is 2. The molecule has 2 aromatic rings. The molecule has 0 aliphatic carbocycles. The van der Waals surface area contributed by atoms with E-state index >= 15 is 0 Å². The summed E-state index contributed by atoms with van der Waals surface area (Å²) in [5.41, 5.74) is 1.07. The van der Waals surface area contributed by atoms with Crippen molar-refractivity contribution < 1.29 is 18.0 Å². The summed E-state index contributed by atoms with van der Waals surface area (Å²) in [6.45, 7) is 0.908. The molecule has 0 saturated carbocycles. The molecule has 0 atom stereocenters. The Morgan fingerprint density at radius 2 is 1.77 bits per heavy atom. The third-order valence-corrected chi connectivity index (χ3v) is 4.76. The maximum Gasteiger partial charge on any atom is 0.245 e. The highest BCUT2D eigenvalue weighted by Crippen LogP contribution is 2.23. The number of para-hydroxylation sites is 1. The van der Waals surface area contributed by atoms with Gasteiger partial charge in [0.25, 0.3) is 0 Å². The molecular formula is C17H18ClN3O4S. The maximum absolute atomic E-state index is 12.3. The fourth-order valence-electron chi connectivity index (χ4n) is 2.22. The number of sulfonamides is 1. The van der Waals surface area contributed by atoms with Crippen molar-refractivity contribution in [3.63, 3.8) is 0 Å². The first-order valence-corrected chi connectivity index (χ1v) is 9.79. The second-order valence-electron chi connectivity index (χ2n) is 5.53. The number of anilines is 3. The van der Waals surface area contributed by atoms with Crippen LogP contribution >= 0.6 is 11.6 Å². The zero-order chi connectivity index (χ0) is 19.3. The SMILES string of the molecule is CC(=O)Nc1cccc(N(CC(=O)Nc2ccccc2Cl)S(C)(=O)=O)c1. The molecule has 0 radical (unpaired) electrons. The van der Waals surface area contributed by atoms with E-state index in [1.807, 2.05) is 0 Å². The van der Waals surface area contributed by atoms with Crippen LogP contribution in [0.5, 0.6) is 0 Å². The fourth-order valence-corrected chi connectivity index (χ4v) is 3.26. The van der Waals surface area contributed by atoms with Crippen LogP contribution in [0.2, 0.25) is 5.02 Å². The molecule has 0 unspecified atom stereocenters. The second kappa shape index (κ2) is 8.20. The Labute approximate surface area is 157 Å². The van der Waals surface area contributed by atoms with Crippen molar-refractivity contribution in [3.8, 4) is 0 Å². The minimum atomic E-state index is -3.73. The van der Waals surface area contributed by atoms with Crippen LogP contribution in [0.4, 0.5) is 17.1 Å². The Balaban J connectivity index is 2.25. The zero-order valence-corrected chi connectivity index (χ0v) is 15.8. The predicted molar refractivity (Wildman–Crippen MR) is 103 cm³/mol. The number of carbonyl (C=O) groups excluding carboxylic acids is 2. The molecule has 2 amide bonds. The van der Waals surface area contributed by atoms with Gasteiger partial charge in [-0.3, -0.25) is 13.9 Å². The van der Waals surface area contributed by atoms with Crippen molar-refractivity contribution in [1.29, 1.82) is 0 Å². The van der Waals surface area contributed by atoms with Gasteiger partial charge in [0.15, 0.2) is 0 Å². The van der Waals surface area contributed by atoms with E-state index in [0.29, 0.717) is 16.4 Å². The number of hydrogen-bond acceptors (Lipinski definition) is 4. The highest BCUT2D eigenvalue weighted by Gasteiger charge is 2.21. The van der Waals surface area contributed by atoms with Crippen LogP contribution < -0.4 is 14.9 Å². The van der Waals surface area contributed by atoms with Gasteiger partial charge in [0, 0.05) is 12.6 Å². The molecule has 2 rings (SSSR count). The third-order valence-electron chi connectivity index (χ3n) is 3.29. The highest BCUT2D eigenvalue weighted by atomic mass is 35.5. The molecule has 9 heteroatoms. The Hall–Kier alpha value is -2.58. The van der Waals surface area contributed by atoms with Gasteiger partial charge < -0.3 is 10.6 Å². The van der Waals surface area contributed by atoms with Gasteiger partial charge in [0.1, 0.15) is 6.54 Å². The third kappa shape index (κ3) is 5.47. The molecule has 2 aromatic carbocycles. The lowest BCUT2D eigenvalue weighted by Crippen LogP contribution is -2.37. The molecule has 138 valence electrons. The molecule has 0 aliphatic rings. The van der Waals surface area contributed by atoms with Gasteiger partial charge in [-0.2, -0.15) is 0 Å². The van der Waals surface area contributed by atoms with E-state index in [1.54, 1.807) is 36.4 Å². The first-order chi connectivity index (χ1) is 12.2. The number of amides is 2. The van der Waals surface area contributed by atoms with Crippen LogP contribution in [0.3, 0.4) is 0 Å². The lowest BCUT2D eigenvalue weighted by Gasteiger charge is -2.22. The minimum Gasteiger partial charge on any atom is -0.326 e. The minimum absolute atomic E-state index is 0.257. The van der Waals surface area contributed by atoms with Crippen LogP contribution in [-0.4, -0.2) is 33.0 Å². The van der Waals surface area contributed by atoms with Crippen molar-refractivity contribution in [2.45, 2.75) is 6.92 Å². The smallest absolute Gasteiger partial charge is 0.245 e. The summed E-state index contributed by atoms with van der Waals surface area (Å²) in [6.07, 6.45) is 1.00. The summed E-state index contributed by atoms with van der Waals surface area (Å²) >= 11 is 5.99. The van der Waals surface area contributed by atoms with E-state index in [9.17, 15) is 18.0 Å². The number of halogens is 1. The molecular weight excluding hydrogens is 378 g/mol. The van der Waals surface area contributed by atoms with Gasteiger partial charge in [0.2, 0.25) is 21.8 Å². The predicted octanol–water partition coefficient (Wildman–Crippen LogP) is 2.70.